The molecule has 0 radical (unpaired) electrons. The van der Waals surface area contributed by atoms with E-state index >= 15 is 0 Å². The second-order valence-corrected chi connectivity index (χ2v) is 4.33. The second kappa shape index (κ2) is 4.43. The van der Waals surface area contributed by atoms with Gasteiger partial charge in [0, 0.05) is 26.2 Å². The molecule has 1 fully saturated rings. The van der Waals surface area contributed by atoms with Crippen molar-refractivity contribution in [3.05, 3.63) is 12.2 Å². The molecule has 3 nitrogen and oxygen atoms in total. The summed E-state index contributed by atoms with van der Waals surface area (Å²) in [6.45, 7) is 5.19. The molecule has 0 aromatic heterocycles. The van der Waals surface area contributed by atoms with Gasteiger partial charge in [-0.15, -0.1) is 0 Å². The van der Waals surface area contributed by atoms with Crippen LogP contribution in [0.4, 0.5) is 0 Å². The van der Waals surface area contributed by atoms with Crippen molar-refractivity contribution < 1.29 is 4.74 Å². The van der Waals surface area contributed by atoms with E-state index in [-0.39, 0.29) is 5.54 Å². The summed E-state index contributed by atoms with van der Waals surface area (Å²) >= 11 is 0. The molecule has 2 rings (SSSR count). The van der Waals surface area contributed by atoms with Crippen LogP contribution in [0, 0.1) is 0 Å². The Balaban J connectivity index is 1.90. The lowest BCUT2D eigenvalue weighted by atomic mass is 9.97. The van der Waals surface area contributed by atoms with Gasteiger partial charge in [-0.3, -0.25) is 4.90 Å². The Bertz CT molecular complexity index is 209. The lowest BCUT2D eigenvalue weighted by Crippen LogP contribution is -2.53. The molecule has 2 aliphatic heterocycles. The summed E-state index contributed by atoms with van der Waals surface area (Å²) in [6.07, 6.45) is 6.88. The summed E-state index contributed by atoms with van der Waals surface area (Å²) in [6, 6.07) is 0. The van der Waals surface area contributed by atoms with E-state index in [9.17, 15) is 0 Å². The third kappa shape index (κ3) is 2.16. The minimum atomic E-state index is 0.213. The van der Waals surface area contributed by atoms with E-state index < -0.39 is 0 Å². The highest BCUT2D eigenvalue weighted by Gasteiger charge is 2.34. The summed E-state index contributed by atoms with van der Waals surface area (Å²) in [5.41, 5.74) is 0.213. The van der Waals surface area contributed by atoms with E-state index in [4.69, 9.17) is 4.74 Å². The first-order valence-corrected chi connectivity index (χ1v) is 5.49. The lowest BCUT2D eigenvalue weighted by Gasteiger charge is -2.34. The number of nitrogens with one attached hydrogen (secondary N) is 1. The average molecular weight is 196 g/mol. The molecular weight excluding hydrogens is 176 g/mol. The Morgan fingerprint density at radius 3 is 3.00 bits per heavy atom. The van der Waals surface area contributed by atoms with Gasteiger partial charge in [0.15, 0.2) is 0 Å². The van der Waals surface area contributed by atoms with E-state index in [1.807, 2.05) is 0 Å². The molecule has 0 aromatic rings. The zero-order valence-electron chi connectivity index (χ0n) is 8.96. The molecule has 0 saturated carbocycles. The van der Waals surface area contributed by atoms with Crippen molar-refractivity contribution in [3.63, 3.8) is 0 Å². The molecule has 1 atom stereocenters. The number of hydrogen-bond acceptors (Lipinski definition) is 3. The third-order valence-electron chi connectivity index (χ3n) is 3.30. The van der Waals surface area contributed by atoms with Crippen molar-refractivity contribution in [2.75, 3.05) is 39.9 Å². The van der Waals surface area contributed by atoms with Crippen LogP contribution in [0.3, 0.4) is 0 Å². The standard InChI is InChI=1S/C11H20N2O/c1-12-11(5-8-14-10-11)9-13-6-3-2-4-7-13/h2-3,12H,4-10H2,1H3. The number of nitrogens with zero attached hydrogens (tertiary/aromatic N) is 1. The Hall–Kier alpha value is -0.380. The van der Waals surface area contributed by atoms with E-state index in [0.29, 0.717) is 0 Å². The fourth-order valence-corrected chi connectivity index (χ4v) is 2.27. The van der Waals surface area contributed by atoms with Crippen LogP contribution >= 0.6 is 0 Å². The van der Waals surface area contributed by atoms with Gasteiger partial charge in [0.05, 0.1) is 12.1 Å². The van der Waals surface area contributed by atoms with Crippen LogP contribution in [0.1, 0.15) is 12.8 Å². The molecular formula is C11H20N2O. The van der Waals surface area contributed by atoms with Crippen molar-refractivity contribution in [1.82, 2.24) is 10.2 Å². The molecule has 1 N–H and O–H groups in total. The topological polar surface area (TPSA) is 24.5 Å². The maximum Gasteiger partial charge on any atom is 0.0661 e. The molecule has 80 valence electrons. The van der Waals surface area contributed by atoms with Crippen LogP contribution in [0.15, 0.2) is 12.2 Å². The molecule has 1 saturated heterocycles. The van der Waals surface area contributed by atoms with Crippen molar-refractivity contribution in [1.29, 1.82) is 0 Å². The Labute approximate surface area is 86.1 Å². The van der Waals surface area contributed by atoms with Crippen molar-refractivity contribution >= 4 is 0 Å². The quantitative estimate of drug-likeness (QED) is 0.670. The predicted molar refractivity (Wildman–Crippen MR) is 57.4 cm³/mol. The van der Waals surface area contributed by atoms with Gasteiger partial charge in [0.2, 0.25) is 0 Å². The molecule has 0 aromatic carbocycles. The van der Waals surface area contributed by atoms with E-state index in [1.165, 1.54) is 13.0 Å². The largest absolute Gasteiger partial charge is 0.379 e. The van der Waals surface area contributed by atoms with Crippen molar-refractivity contribution in [2.45, 2.75) is 18.4 Å². The fraction of sp³-hybridized carbons (Fsp3) is 0.818. The molecule has 0 amide bonds. The molecule has 0 bridgehead atoms. The maximum atomic E-state index is 5.49. The highest BCUT2D eigenvalue weighted by atomic mass is 16.5. The molecule has 1 unspecified atom stereocenters. The van der Waals surface area contributed by atoms with Crippen LogP contribution in [0.25, 0.3) is 0 Å². The van der Waals surface area contributed by atoms with Gasteiger partial charge in [-0.05, 0) is 19.9 Å². The molecule has 2 aliphatic rings. The first kappa shape index (κ1) is 10.1. The summed E-state index contributed by atoms with van der Waals surface area (Å²) < 4.78 is 5.49. The zero-order valence-corrected chi connectivity index (χ0v) is 8.96. The average Bonchev–Trinajstić information content (AvgIpc) is 2.69. The van der Waals surface area contributed by atoms with Gasteiger partial charge in [-0.2, -0.15) is 0 Å². The number of rotatable bonds is 3. The second-order valence-electron chi connectivity index (χ2n) is 4.33. The van der Waals surface area contributed by atoms with Crippen molar-refractivity contribution in [3.8, 4) is 0 Å². The van der Waals surface area contributed by atoms with E-state index in [2.05, 4.69) is 29.4 Å². The molecule has 2 heterocycles. The SMILES string of the molecule is CNC1(CN2CC=CCC2)CCOC1. The highest BCUT2D eigenvalue weighted by molar-refractivity contribution is 4.98. The monoisotopic (exact) mass is 196 g/mol. The summed E-state index contributed by atoms with van der Waals surface area (Å²) in [5.74, 6) is 0. The Morgan fingerprint density at radius 1 is 1.50 bits per heavy atom. The van der Waals surface area contributed by atoms with Gasteiger partial charge in [-0.1, -0.05) is 12.2 Å². The van der Waals surface area contributed by atoms with Gasteiger partial charge in [-0.25, -0.2) is 0 Å². The molecule has 0 aliphatic carbocycles. The maximum absolute atomic E-state index is 5.49. The minimum absolute atomic E-state index is 0.213. The zero-order chi connectivity index (χ0) is 9.86. The highest BCUT2D eigenvalue weighted by Crippen LogP contribution is 2.20. The van der Waals surface area contributed by atoms with Gasteiger partial charge < -0.3 is 10.1 Å². The number of likely N-dealkylation sites (N-methyl/N-ethyl adjacent to an activating group) is 1. The summed E-state index contributed by atoms with van der Waals surface area (Å²) in [7, 11) is 2.05. The van der Waals surface area contributed by atoms with Gasteiger partial charge in [0.1, 0.15) is 0 Å². The van der Waals surface area contributed by atoms with Gasteiger partial charge in [0.25, 0.3) is 0 Å². The summed E-state index contributed by atoms with van der Waals surface area (Å²) in [4.78, 5) is 2.51. The van der Waals surface area contributed by atoms with Crippen LogP contribution in [0.5, 0.6) is 0 Å². The molecule has 14 heavy (non-hydrogen) atoms. The molecule has 3 heteroatoms. The Kier molecular flexibility index (Phi) is 3.21. The smallest absolute Gasteiger partial charge is 0.0661 e. The molecule has 0 spiro atoms. The summed E-state index contributed by atoms with van der Waals surface area (Å²) in [5, 5.41) is 3.43. The number of hydrogen-bond donors (Lipinski definition) is 1. The van der Waals surface area contributed by atoms with Crippen LogP contribution < -0.4 is 5.32 Å². The lowest BCUT2D eigenvalue weighted by molar-refractivity contribution is 0.142. The normalized spacial score (nSPS) is 33.8. The first-order valence-electron chi connectivity index (χ1n) is 5.49. The van der Waals surface area contributed by atoms with E-state index in [0.717, 1.165) is 32.7 Å². The van der Waals surface area contributed by atoms with Crippen LogP contribution in [-0.2, 0) is 4.74 Å². The number of ether oxygens (including phenoxy) is 1. The van der Waals surface area contributed by atoms with E-state index in [1.54, 1.807) is 0 Å². The van der Waals surface area contributed by atoms with Crippen molar-refractivity contribution in [2.24, 2.45) is 0 Å². The first-order chi connectivity index (χ1) is 6.85. The third-order valence-corrected chi connectivity index (χ3v) is 3.30. The minimum Gasteiger partial charge on any atom is -0.379 e. The van der Waals surface area contributed by atoms with Gasteiger partial charge >= 0.3 is 0 Å². The Morgan fingerprint density at radius 2 is 2.43 bits per heavy atom. The fourth-order valence-electron chi connectivity index (χ4n) is 2.27. The van der Waals surface area contributed by atoms with Crippen LogP contribution in [-0.4, -0.2) is 50.3 Å². The van der Waals surface area contributed by atoms with Crippen LogP contribution in [0.2, 0.25) is 0 Å². The predicted octanol–water partition coefficient (Wildman–Crippen LogP) is 0.627.